The van der Waals surface area contributed by atoms with Crippen LogP contribution in [0.1, 0.15) is 29.4 Å². The van der Waals surface area contributed by atoms with Gasteiger partial charge in [0.15, 0.2) is 0 Å². The molecule has 0 atom stereocenters. The highest BCUT2D eigenvalue weighted by Crippen LogP contribution is 2.15. The van der Waals surface area contributed by atoms with Crippen LogP contribution in [0.4, 0.5) is 0 Å². The van der Waals surface area contributed by atoms with Crippen molar-refractivity contribution in [3.05, 3.63) is 28.5 Å². The van der Waals surface area contributed by atoms with E-state index in [9.17, 15) is 4.79 Å². The van der Waals surface area contributed by atoms with Crippen LogP contribution in [0.3, 0.4) is 0 Å². The van der Waals surface area contributed by atoms with Crippen molar-refractivity contribution in [2.24, 2.45) is 0 Å². The van der Waals surface area contributed by atoms with E-state index in [-0.39, 0.29) is 12.1 Å². The third-order valence-electron chi connectivity index (χ3n) is 2.47. The van der Waals surface area contributed by atoms with Crippen molar-refractivity contribution in [3.8, 4) is 0 Å². The van der Waals surface area contributed by atoms with Gasteiger partial charge in [-0.05, 0) is 18.6 Å². The Hall–Kier alpha value is -1.13. The van der Waals surface area contributed by atoms with Crippen molar-refractivity contribution in [2.75, 3.05) is 13.2 Å². The van der Waals surface area contributed by atoms with Crippen LogP contribution in [-0.2, 0) is 15.9 Å². The molecule has 0 aromatic carbocycles. The molecule has 1 aromatic rings. The number of aromatic nitrogens is 1. The topological polar surface area (TPSA) is 48.4 Å². The van der Waals surface area contributed by atoms with Crippen molar-refractivity contribution in [3.63, 3.8) is 0 Å². The number of aryl methyl sites for hydroxylation is 1. The number of rotatable bonds is 4. The molecule has 4 nitrogen and oxygen atoms in total. The van der Waals surface area contributed by atoms with E-state index in [4.69, 9.17) is 21.1 Å². The third kappa shape index (κ3) is 3.17. The SMILES string of the molecule is CCCc1cc(C(=O)OC2COC2)cc(Cl)n1. The predicted octanol–water partition coefficient (Wildman–Crippen LogP) is 2.24. The highest BCUT2D eigenvalue weighted by Gasteiger charge is 2.23. The van der Waals surface area contributed by atoms with Crippen LogP contribution in [-0.4, -0.2) is 30.3 Å². The molecule has 1 aromatic heterocycles. The fourth-order valence-electron chi connectivity index (χ4n) is 1.55. The summed E-state index contributed by atoms with van der Waals surface area (Å²) in [4.78, 5) is 15.9. The van der Waals surface area contributed by atoms with Crippen LogP contribution in [0.2, 0.25) is 5.15 Å². The number of hydrogen-bond acceptors (Lipinski definition) is 4. The summed E-state index contributed by atoms with van der Waals surface area (Å²) in [6.45, 7) is 3.00. The molecule has 92 valence electrons. The van der Waals surface area contributed by atoms with Gasteiger partial charge in [0.25, 0.3) is 0 Å². The average molecular weight is 256 g/mol. The van der Waals surface area contributed by atoms with Crippen LogP contribution in [0.15, 0.2) is 12.1 Å². The fraction of sp³-hybridized carbons (Fsp3) is 0.500. The summed E-state index contributed by atoms with van der Waals surface area (Å²) in [5, 5.41) is 0.327. The van der Waals surface area contributed by atoms with E-state index in [1.807, 2.05) is 6.92 Å². The molecular weight excluding hydrogens is 242 g/mol. The Morgan fingerprint density at radius 1 is 1.59 bits per heavy atom. The zero-order valence-electron chi connectivity index (χ0n) is 9.61. The number of halogens is 1. The standard InChI is InChI=1S/C12H14ClNO3/c1-2-3-9-4-8(5-11(13)14-9)12(15)17-10-6-16-7-10/h4-5,10H,2-3,6-7H2,1H3. The first-order chi connectivity index (χ1) is 8.19. The predicted molar refractivity (Wildman–Crippen MR) is 63.3 cm³/mol. The monoisotopic (exact) mass is 255 g/mol. The summed E-state index contributed by atoms with van der Waals surface area (Å²) in [6, 6.07) is 3.26. The smallest absolute Gasteiger partial charge is 0.338 e. The van der Waals surface area contributed by atoms with Crippen molar-refractivity contribution < 1.29 is 14.3 Å². The quantitative estimate of drug-likeness (QED) is 0.612. The molecule has 0 spiro atoms. The molecule has 0 bridgehead atoms. The van der Waals surface area contributed by atoms with Crippen molar-refractivity contribution >= 4 is 17.6 Å². The van der Waals surface area contributed by atoms with Crippen LogP contribution in [0.5, 0.6) is 0 Å². The van der Waals surface area contributed by atoms with Crippen molar-refractivity contribution in [1.82, 2.24) is 4.98 Å². The molecule has 5 heteroatoms. The summed E-state index contributed by atoms with van der Waals surface area (Å²) < 4.78 is 10.2. The highest BCUT2D eigenvalue weighted by molar-refractivity contribution is 6.29. The van der Waals surface area contributed by atoms with Gasteiger partial charge >= 0.3 is 5.97 Å². The van der Waals surface area contributed by atoms with Crippen LogP contribution < -0.4 is 0 Å². The first kappa shape index (κ1) is 12.3. The van der Waals surface area contributed by atoms with Gasteiger partial charge in [-0.2, -0.15) is 0 Å². The van der Waals surface area contributed by atoms with E-state index in [1.165, 1.54) is 6.07 Å². The highest BCUT2D eigenvalue weighted by atomic mass is 35.5. The van der Waals surface area contributed by atoms with Gasteiger partial charge in [0.2, 0.25) is 0 Å². The van der Waals surface area contributed by atoms with Gasteiger partial charge < -0.3 is 9.47 Å². The minimum atomic E-state index is -0.361. The van der Waals surface area contributed by atoms with Crippen LogP contribution in [0.25, 0.3) is 0 Å². The van der Waals surface area contributed by atoms with Gasteiger partial charge in [-0.3, -0.25) is 0 Å². The maximum atomic E-state index is 11.8. The Morgan fingerprint density at radius 3 is 2.94 bits per heavy atom. The summed E-state index contributed by atoms with van der Waals surface area (Å²) in [7, 11) is 0. The Kier molecular flexibility index (Phi) is 3.97. The number of carbonyl (C=O) groups excluding carboxylic acids is 1. The Balaban J connectivity index is 2.09. The van der Waals surface area contributed by atoms with Gasteiger partial charge in [0.1, 0.15) is 11.3 Å². The zero-order chi connectivity index (χ0) is 12.3. The van der Waals surface area contributed by atoms with Gasteiger partial charge in [-0.1, -0.05) is 24.9 Å². The zero-order valence-corrected chi connectivity index (χ0v) is 10.4. The number of esters is 1. The van der Waals surface area contributed by atoms with E-state index in [0.29, 0.717) is 23.9 Å². The molecular formula is C12H14ClNO3. The van der Waals surface area contributed by atoms with Crippen molar-refractivity contribution in [1.29, 1.82) is 0 Å². The molecule has 1 saturated heterocycles. The van der Waals surface area contributed by atoms with Crippen LogP contribution >= 0.6 is 11.6 Å². The van der Waals surface area contributed by atoms with E-state index in [0.717, 1.165) is 18.5 Å². The number of pyridine rings is 1. The molecule has 1 aliphatic rings. The molecule has 0 aliphatic carbocycles. The lowest BCUT2D eigenvalue weighted by Gasteiger charge is -2.25. The second kappa shape index (κ2) is 5.47. The number of nitrogens with zero attached hydrogens (tertiary/aromatic N) is 1. The van der Waals surface area contributed by atoms with Crippen LogP contribution in [0, 0.1) is 0 Å². The summed E-state index contributed by atoms with van der Waals surface area (Å²) >= 11 is 5.87. The normalized spacial score (nSPS) is 15.4. The average Bonchev–Trinajstić information content (AvgIpc) is 2.23. The van der Waals surface area contributed by atoms with Gasteiger partial charge in [0, 0.05) is 5.69 Å². The Labute approximate surface area is 105 Å². The third-order valence-corrected chi connectivity index (χ3v) is 2.66. The molecule has 0 saturated carbocycles. The molecule has 1 fully saturated rings. The van der Waals surface area contributed by atoms with Gasteiger partial charge in [0.05, 0.1) is 18.8 Å². The number of carbonyl (C=O) groups is 1. The lowest BCUT2D eigenvalue weighted by Crippen LogP contribution is -2.37. The van der Waals surface area contributed by atoms with E-state index < -0.39 is 0 Å². The molecule has 1 aliphatic heterocycles. The fourth-order valence-corrected chi connectivity index (χ4v) is 1.78. The molecule has 2 heterocycles. The van der Waals surface area contributed by atoms with Crippen molar-refractivity contribution in [2.45, 2.75) is 25.9 Å². The van der Waals surface area contributed by atoms with Gasteiger partial charge in [-0.25, -0.2) is 9.78 Å². The van der Waals surface area contributed by atoms with E-state index in [1.54, 1.807) is 6.07 Å². The number of ether oxygens (including phenoxy) is 2. The second-order valence-corrected chi connectivity index (χ2v) is 4.37. The Bertz CT molecular complexity index is 418. The minimum Gasteiger partial charge on any atom is -0.454 e. The maximum absolute atomic E-state index is 11.8. The molecule has 17 heavy (non-hydrogen) atoms. The second-order valence-electron chi connectivity index (χ2n) is 3.98. The lowest BCUT2D eigenvalue weighted by molar-refractivity contribution is -0.103. The lowest BCUT2D eigenvalue weighted by atomic mass is 10.1. The number of hydrogen-bond donors (Lipinski definition) is 0. The molecule has 0 radical (unpaired) electrons. The molecule has 0 N–H and O–H groups in total. The first-order valence-electron chi connectivity index (χ1n) is 5.64. The largest absolute Gasteiger partial charge is 0.454 e. The van der Waals surface area contributed by atoms with E-state index >= 15 is 0 Å². The Morgan fingerprint density at radius 2 is 2.35 bits per heavy atom. The minimum absolute atomic E-state index is 0.121. The summed E-state index contributed by atoms with van der Waals surface area (Å²) in [5.74, 6) is -0.361. The maximum Gasteiger partial charge on any atom is 0.338 e. The molecule has 2 rings (SSSR count). The summed E-state index contributed by atoms with van der Waals surface area (Å²) in [6.07, 6.45) is 1.63. The van der Waals surface area contributed by atoms with Gasteiger partial charge in [-0.15, -0.1) is 0 Å². The first-order valence-corrected chi connectivity index (χ1v) is 6.02. The summed E-state index contributed by atoms with van der Waals surface area (Å²) in [5.41, 5.74) is 1.28. The van der Waals surface area contributed by atoms with E-state index in [2.05, 4.69) is 4.98 Å². The molecule has 0 amide bonds. The molecule has 0 unspecified atom stereocenters.